The molecule has 1 aliphatic heterocycles. The van der Waals surface area contributed by atoms with E-state index in [1.165, 1.54) is 18.3 Å². The van der Waals surface area contributed by atoms with Gasteiger partial charge in [0.25, 0.3) is 11.2 Å². The highest BCUT2D eigenvalue weighted by molar-refractivity contribution is 5.91. The van der Waals surface area contributed by atoms with E-state index >= 15 is 0 Å². The Balaban J connectivity index is 1.48. The van der Waals surface area contributed by atoms with E-state index in [0.717, 1.165) is 24.5 Å². The number of ether oxygens (including phenoxy) is 1. The van der Waals surface area contributed by atoms with Crippen molar-refractivity contribution in [2.75, 3.05) is 36.5 Å². The van der Waals surface area contributed by atoms with Crippen LogP contribution >= 0.6 is 0 Å². The fourth-order valence-electron chi connectivity index (χ4n) is 3.82. The van der Waals surface area contributed by atoms with Gasteiger partial charge in [0.1, 0.15) is 5.52 Å². The van der Waals surface area contributed by atoms with Crippen LogP contribution in [-0.2, 0) is 4.74 Å². The van der Waals surface area contributed by atoms with Crippen molar-refractivity contribution < 1.29 is 9.66 Å². The number of nitro benzene ring substituents is 1. The number of aromatic amines is 1. The molecule has 0 aliphatic carbocycles. The number of nitro groups is 1. The van der Waals surface area contributed by atoms with Crippen molar-refractivity contribution >= 4 is 33.9 Å². The van der Waals surface area contributed by atoms with Gasteiger partial charge in [-0.05, 0) is 30.3 Å². The van der Waals surface area contributed by atoms with Crippen LogP contribution in [0, 0.1) is 10.1 Å². The molecular weight excluding hydrogens is 424 g/mol. The molecule has 0 amide bonds. The molecule has 0 spiro atoms. The maximum Gasteiger partial charge on any atom is 0.270 e. The highest BCUT2D eigenvalue weighted by Crippen LogP contribution is 2.27. The first-order valence-electron chi connectivity index (χ1n) is 10.4. The minimum absolute atomic E-state index is 0.0603. The number of nitrogens with zero attached hydrogens (tertiary/aromatic N) is 4. The van der Waals surface area contributed by atoms with Gasteiger partial charge < -0.3 is 15.0 Å². The lowest BCUT2D eigenvalue weighted by Crippen LogP contribution is -2.36. The number of fused-ring (bicyclic) bond motifs is 1. The Morgan fingerprint density at radius 1 is 1.09 bits per heavy atom. The molecular formula is C23H20N6O4. The van der Waals surface area contributed by atoms with Gasteiger partial charge in [0, 0.05) is 48.4 Å². The van der Waals surface area contributed by atoms with Crippen molar-refractivity contribution in [3.05, 3.63) is 81.3 Å². The molecule has 2 aromatic carbocycles. The third-order valence-corrected chi connectivity index (χ3v) is 5.46. The number of non-ortho nitro benzene ring substituents is 1. The second kappa shape index (κ2) is 8.67. The molecule has 5 rings (SSSR count). The summed E-state index contributed by atoms with van der Waals surface area (Å²) in [6, 6.07) is 15.5. The van der Waals surface area contributed by atoms with E-state index in [1.807, 2.05) is 24.3 Å². The molecule has 0 bridgehead atoms. The van der Waals surface area contributed by atoms with Crippen molar-refractivity contribution in [2.45, 2.75) is 0 Å². The van der Waals surface area contributed by atoms with E-state index in [2.05, 4.69) is 25.2 Å². The number of anilines is 3. The molecule has 2 aromatic heterocycles. The third-order valence-electron chi connectivity index (χ3n) is 5.46. The number of aromatic nitrogens is 3. The van der Waals surface area contributed by atoms with Crippen LogP contribution in [0.1, 0.15) is 0 Å². The summed E-state index contributed by atoms with van der Waals surface area (Å²) in [6.45, 7) is 3.12. The Bertz CT molecular complexity index is 1380. The summed E-state index contributed by atoms with van der Waals surface area (Å²) in [5, 5.41) is 14.7. The number of benzene rings is 2. The molecule has 1 fully saturated rings. The SMILES string of the molecule is O=c1[nH]c(Nc2ccc(N3CCOCC3)cc2)nc2c(-c3cccc([N+](=O)[O-])c3)nccc12. The Labute approximate surface area is 188 Å². The van der Waals surface area contributed by atoms with Crippen LogP contribution in [0.15, 0.2) is 65.6 Å². The summed E-state index contributed by atoms with van der Waals surface area (Å²) in [7, 11) is 0. The van der Waals surface area contributed by atoms with E-state index in [-0.39, 0.29) is 17.2 Å². The van der Waals surface area contributed by atoms with E-state index in [1.54, 1.807) is 18.2 Å². The van der Waals surface area contributed by atoms with E-state index in [0.29, 0.717) is 35.4 Å². The summed E-state index contributed by atoms with van der Waals surface area (Å²) >= 11 is 0. The highest BCUT2D eigenvalue weighted by Gasteiger charge is 2.15. The van der Waals surface area contributed by atoms with Crippen LogP contribution in [0.25, 0.3) is 22.2 Å². The predicted molar refractivity (Wildman–Crippen MR) is 125 cm³/mol. The van der Waals surface area contributed by atoms with Crippen LogP contribution in [0.5, 0.6) is 0 Å². The summed E-state index contributed by atoms with van der Waals surface area (Å²) in [5.41, 5.74) is 2.73. The predicted octanol–water partition coefficient (Wildman–Crippen LogP) is 3.47. The number of H-pyrrole nitrogens is 1. The lowest BCUT2D eigenvalue weighted by molar-refractivity contribution is -0.384. The number of nitrogens with one attached hydrogen (secondary N) is 2. The minimum atomic E-state index is -0.470. The van der Waals surface area contributed by atoms with Gasteiger partial charge >= 0.3 is 0 Å². The van der Waals surface area contributed by atoms with Crippen molar-refractivity contribution in [3.63, 3.8) is 0 Å². The first-order valence-corrected chi connectivity index (χ1v) is 10.4. The Morgan fingerprint density at radius 3 is 2.64 bits per heavy atom. The summed E-state index contributed by atoms with van der Waals surface area (Å²) in [6.07, 6.45) is 1.49. The molecule has 3 heterocycles. The van der Waals surface area contributed by atoms with Crippen molar-refractivity contribution in [2.24, 2.45) is 0 Å². The molecule has 0 saturated carbocycles. The average molecular weight is 444 g/mol. The third kappa shape index (κ3) is 4.23. The standard InChI is InChI=1S/C23H20N6O4/c30-22-19-8-9-24-20(15-2-1-3-18(14-15)29(31)32)21(19)26-23(27-22)25-16-4-6-17(7-5-16)28-10-12-33-13-11-28/h1-9,14H,10-13H2,(H2,25,26,27,30). The molecule has 33 heavy (non-hydrogen) atoms. The van der Waals surface area contributed by atoms with E-state index in [9.17, 15) is 14.9 Å². The Hall–Kier alpha value is -4.31. The summed E-state index contributed by atoms with van der Waals surface area (Å²) < 4.78 is 5.40. The Morgan fingerprint density at radius 2 is 1.88 bits per heavy atom. The van der Waals surface area contributed by atoms with Gasteiger partial charge in [-0.15, -0.1) is 0 Å². The quantitative estimate of drug-likeness (QED) is 0.354. The first kappa shape index (κ1) is 20.6. The van der Waals surface area contributed by atoms with Gasteiger partial charge in [-0.25, -0.2) is 4.98 Å². The summed E-state index contributed by atoms with van der Waals surface area (Å²) in [5.74, 6) is 0.256. The largest absolute Gasteiger partial charge is 0.378 e. The van der Waals surface area contributed by atoms with Crippen LogP contribution in [0.3, 0.4) is 0 Å². The number of hydrogen-bond acceptors (Lipinski definition) is 8. The van der Waals surface area contributed by atoms with Gasteiger partial charge in [-0.2, -0.15) is 0 Å². The number of pyridine rings is 1. The topological polar surface area (TPSA) is 126 Å². The van der Waals surface area contributed by atoms with Crippen LogP contribution in [0.4, 0.5) is 23.0 Å². The second-order valence-electron chi connectivity index (χ2n) is 7.55. The summed E-state index contributed by atoms with van der Waals surface area (Å²) in [4.78, 5) is 37.3. The molecule has 166 valence electrons. The fourth-order valence-corrected chi connectivity index (χ4v) is 3.82. The monoisotopic (exact) mass is 444 g/mol. The molecule has 10 heteroatoms. The van der Waals surface area contributed by atoms with Gasteiger partial charge in [0.05, 0.1) is 29.2 Å². The minimum Gasteiger partial charge on any atom is -0.378 e. The van der Waals surface area contributed by atoms with Crippen molar-refractivity contribution in [1.29, 1.82) is 0 Å². The molecule has 10 nitrogen and oxygen atoms in total. The molecule has 0 radical (unpaired) electrons. The lowest BCUT2D eigenvalue weighted by Gasteiger charge is -2.28. The zero-order valence-corrected chi connectivity index (χ0v) is 17.5. The zero-order valence-electron chi connectivity index (χ0n) is 17.5. The molecule has 4 aromatic rings. The number of rotatable bonds is 5. The lowest BCUT2D eigenvalue weighted by atomic mass is 10.1. The Kier molecular flexibility index (Phi) is 5.41. The van der Waals surface area contributed by atoms with Crippen LogP contribution in [0.2, 0.25) is 0 Å². The highest BCUT2D eigenvalue weighted by atomic mass is 16.6. The first-order chi connectivity index (χ1) is 16.1. The van der Waals surface area contributed by atoms with Gasteiger partial charge in [0.2, 0.25) is 5.95 Å². The second-order valence-corrected chi connectivity index (χ2v) is 7.55. The average Bonchev–Trinajstić information content (AvgIpc) is 2.85. The maximum atomic E-state index is 12.7. The molecule has 1 saturated heterocycles. The molecule has 0 unspecified atom stereocenters. The smallest absolute Gasteiger partial charge is 0.270 e. The molecule has 2 N–H and O–H groups in total. The van der Waals surface area contributed by atoms with Crippen molar-refractivity contribution in [1.82, 2.24) is 15.0 Å². The van der Waals surface area contributed by atoms with E-state index in [4.69, 9.17) is 4.74 Å². The van der Waals surface area contributed by atoms with Crippen molar-refractivity contribution in [3.8, 4) is 11.3 Å². The van der Waals surface area contributed by atoms with Crippen LogP contribution < -0.4 is 15.8 Å². The van der Waals surface area contributed by atoms with Gasteiger partial charge in [-0.1, -0.05) is 12.1 Å². The fraction of sp³-hybridized carbons (Fsp3) is 0.174. The molecule has 1 aliphatic rings. The zero-order chi connectivity index (χ0) is 22.8. The number of hydrogen-bond donors (Lipinski definition) is 2. The van der Waals surface area contributed by atoms with E-state index < -0.39 is 4.92 Å². The van der Waals surface area contributed by atoms with Gasteiger partial charge in [0.15, 0.2) is 0 Å². The number of morpholine rings is 1. The van der Waals surface area contributed by atoms with Crippen LogP contribution in [-0.4, -0.2) is 46.2 Å². The van der Waals surface area contributed by atoms with Gasteiger partial charge in [-0.3, -0.25) is 24.9 Å². The maximum absolute atomic E-state index is 12.7. The normalized spacial score (nSPS) is 13.8. The molecule has 0 atom stereocenters.